The summed E-state index contributed by atoms with van der Waals surface area (Å²) in [4.78, 5) is 110. The quantitative estimate of drug-likeness (QED) is 0.0298. The van der Waals surface area contributed by atoms with Crippen molar-refractivity contribution in [1.82, 2.24) is 26.1 Å². The second kappa shape index (κ2) is 38.5. The molecule has 5 N–H and O–H groups in total. The third kappa shape index (κ3) is 31.7. The molecule has 18 nitrogen and oxygen atoms in total. The number of ether oxygens (including phenoxy) is 2. The van der Waals surface area contributed by atoms with Gasteiger partial charge in [-0.3, -0.25) is 59.0 Å². The minimum Gasteiger partial charge on any atom is -0.381 e. The normalized spacial score (nSPS) is 12.0. The van der Waals surface area contributed by atoms with Crippen LogP contribution in [0, 0.1) is 0 Å². The molecule has 2 rings (SSSR count). The monoisotopic (exact) mass is 756 g/mol. The largest absolute Gasteiger partial charge is 0.381 e. The number of Topliss-reactive ketones (excluding diaryl/α,β-unsaturated/α-hetero) is 2. The molecule has 53 heavy (non-hydrogen) atoms. The molecule has 0 aromatic heterocycles. The number of rotatable bonds is 22. The van der Waals surface area contributed by atoms with Crippen LogP contribution >= 0.6 is 0 Å². The first kappa shape index (κ1) is 55.0. The lowest BCUT2D eigenvalue weighted by molar-refractivity contribution is -0.139. The first-order valence-corrected chi connectivity index (χ1v) is 17.0. The number of carbonyl (C=O) groups excluding carboxylic acids is 10. The number of imide groups is 2. The molecule has 0 spiro atoms. The van der Waals surface area contributed by atoms with Crippen molar-refractivity contribution in [2.45, 2.75) is 93.4 Å². The fraction of sp³-hybridized carbons (Fsp3) is 0.600. The van der Waals surface area contributed by atoms with E-state index in [1.54, 1.807) is 0 Å². The van der Waals surface area contributed by atoms with Gasteiger partial charge in [0.15, 0.2) is 0 Å². The summed E-state index contributed by atoms with van der Waals surface area (Å²) in [5.41, 5.74) is 7.19. The number of ketones is 2. The van der Waals surface area contributed by atoms with Crippen molar-refractivity contribution in [2.24, 2.45) is 5.84 Å². The lowest BCUT2D eigenvalue weighted by Crippen LogP contribution is -2.37. The maximum atomic E-state index is 11.7. The molecule has 0 unspecified atom stereocenters. The van der Waals surface area contributed by atoms with E-state index in [1.807, 2.05) is 26.2 Å². The number of carbonyl (C=O) groups is 10. The number of hydrogen-bond donors (Lipinski definition) is 4. The minimum atomic E-state index is -0.380. The molecular weight excluding hydrogens is 696 g/mol. The van der Waals surface area contributed by atoms with Crippen LogP contribution in [-0.4, -0.2) is 115 Å². The van der Waals surface area contributed by atoms with Crippen molar-refractivity contribution < 1.29 is 57.4 Å². The van der Waals surface area contributed by atoms with E-state index in [9.17, 15) is 38.4 Å². The van der Waals surface area contributed by atoms with E-state index < -0.39 is 0 Å². The topological polar surface area (TPSA) is 258 Å². The molecule has 0 aromatic rings. The van der Waals surface area contributed by atoms with Gasteiger partial charge in [-0.15, -0.1) is 0 Å². The fourth-order valence-electron chi connectivity index (χ4n) is 3.62. The van der Waals surface area contributed by atoms with Crippen LogP contribution < -0.4 is 22.1 Å². The maximum Gasteiger partial charge on any atom is 0.253 e. The van der Waals surface area contributed by atoms with Crippen molar-refractivity contribution >= 4 is 59.6 Å². The second-order valence-corrected chi connectivity index (χ2v) is 9.95. The lowest BCUT2D eigenvalue weighted by Gasteiger charge is -2.12. The van der Waals surface area contributed by atoms with Crippen LogP contribution in [-0.2, 0) is 57.4 Å². The molecule has 2 aliphatic heterocycles. The van der Waals surface area contributed by atoms with Crippen LogP contribution in [0.4, 0.5) is 0 Å². The number of hydrazine groups is 2. The Morgan fingerprint density at radius 2 is 0.981 bits per heavy atom. The smallest absolute Gasteiger partial charge is 0.253 e. The molecule has 0 bridgehead atoms. The van der Waals surface area contributed by atoms with E-state index in [4.69, 9.17) is 24.9 Å². The highest BCUT2D eigenvalue weighted by Gasteiger charge is 2.24. The number of nitrogens with two attached hydrogens (primary N) is 1. The van der Waals surface area contributed by atoms with E-state index in [2.05, 4.69) is 10.9 Å². The van der Waals surface area contributed by atoms with Gasteiger partial charge < -0.3 is 19.1 Å². The SMILES string of the molecule is C.CC.CC=O.CC=O.CCNNC(=O)CCOCCCC(=O)CCN1C(=O)C=CC1=O.NNC(=O)CCOCCCC(=O)CCN1C(=O)C=CC1=O. The van der Waals surface area contributed by atoms with Gasteiger partial charge in [-0.25, -0.2) is 11.3 Å². The van der Waals surface area contributed by atoms with Crippen LogP contribution in [0.15, 0.2) is 24.3 Å². The summed E-state index contributed by atoms with van der Waals surface area (Å²) in [7, 11) is 0. The molecule has 18 heteroatoms. The summed E-state index contributed by atoms with van der Waals surface area (Å²) >= 11 is 0. The van der Waals surface area contributed by atoms with Crippen LogP contribution in [0.5, 0.6) is 0 Å². The van der Waals surface area contributed by atoms with Gasteiger partial charge >= 0.3 is 0 Å². The highest BCUT2D eigenvalue weighted by atomic mass is 16.5. The zero-order chi connectivity index (χ0) is 40.2. The van der Waals surface area contributed by atoms with E-state index in [0.29, 0.717) is 52.0 Å². The van der Waals surface area contributed by atoms with Gasteiger partial charge in [0.05, 0.1) is 26.1 Å². The molecule has 6 amide bonds. The number of hydrogen-bond acceptors (Lipinski definition) is 14. The summed E-state index contributed by atoms with van der Waals surface area (Å²) in [6.45, 7) is 11.0. The molecule has 2 aliphatic rings. The molecule has 0 fully saturated rings. The Hall–Kier alpha value is -4.78. The van der Waals surface area contributed by atoms with Gasteiger partial charge in [0.2, 0.25) is 11.8 Å². The Morgan fingerprint density at radius 1 is 0.642 bits per heavy atom. The van der Waals surface area contributed by atoms with Gasteiger partial charge in [0, 0.05) is 82.8 Å². The summed E-state index contributed by atoms with van der Waals surface area (Å²) in [5.74, 6) is 2.89. The van der Waals surface area contributed by atoms with Crippen molar-refractivity contribution in [3.63, 3.8) is 0 Å². The third-order valence-electron chi connectivity index (χ3n) is 6.03. The lowest BCUT2D eigenvalue weighted by atomic mass is 10.1. The molecule has 0 aromatic carbocycles. The molecule has 0 atom stereocenters. The highest BCUT2D eigenvalue weighted by molar-refractivity contribution is 6.13. The van der Waals surface area contributed by atoms with E-state index in [0.717, 1.165) is 22.4 Å². The predicted molar refractivity (Wildman–Crippen MR) is 196 cm³/mol. The highest BCUT2D eigenvalue weighted by Crippen LogP contribution is 2.07. The van der Waals surface area contributed by atoms with E-state index >= 15 is 0 Å². The Kier molecular flexibility index (Phi) is 39.9. The Balaban J connectivity index is -0.000000373. The number of nitrogens with one attached hydrogen (secondary N) is 3. The molecule has 0 saturated carbocycles. The fourth-order valence-corrected chi connectivity index (χ4v) is 3.62. The molecule has 0 aliphatic carbocycles. The van der Waals surface area contributed by atoms with Crippen LogP contribution in [0.2, 0.25) is 0 Å². The minimum absolute atomic E-state index is 0. The third-order valence-corrected chi connectivity index (χ3v) is 6.03. The molecule has 0 radical (unpaired) electrons. The standard InChI is InChI=1S/C15H23N3O5.C13H19N3O5.2C2H4O.C2H6.CH4/c1-2-16-17-13(20)8-11-23-10-3-4-12(19)7-9-18-14(21)5-6-15(18)22;14-15-11(18)6-9-21-8-1-2-10(17)5-7-16-12(19)3-4-13(16)20;2*1-2-3;1-2;/h5-6,16H,2-4,7-11H2,1H3,(H,17,20);3-4H,1-2,5-9,14H2,(H,15,18);2*2H,1H3;1-2H3;1H4. The van der Waals surface area contributed by atoms with E-state index in [1.165, 1.54) is 38.2 Å². The maximum absolute atomic E-state index is 11.7. The zero-order valence-electron chi connectivity index (χ0n) is 30.9. The molecule has 2 heterocycles. The number of nitrogens with zero attached hydrogens (tertiary/aromatic N) is 2. The first-order valence-electron chi connectivity index (χ1n) is 17.0. The second-order valence-electron chi connectivity index (χ2n) is 9.95. The van der Waals surface area contributed by atoms with Gasteiger partial charge in [0.25, 0.3) is 23.6 Å². The molecule has 0 saturated heterocycles. The van der Waals surface area contributed by atoms with Gasteiger partial charge in [-0.1, -0.05) is 28.2 Å². The van der Waals surface area contributed by atoms with Gasteiger partial charge in [-0.05, 0) is 26.7 Å². The average Bonchev–Trinajstić information content (AvgIpc) is 3.63. The summed E-state index contributed by atoms with van der Waals surface area (Å²) in [6.07, 6.45) is 8.75. The van der Waals surface area contributed by atoms with Crippen LogP contribution in [0.1, 0.15) is 93.4 Å². The van der Waals surface area contributed by atoms with Crippen LogP contribution in [0.25, 0.3) is 0 Å². The zero-order valence-corrected chi connectivity index (χ0v) is 30.9. The number of aldehydes is 2. The van der Waals surface area contributed by atoms with Crippen molar-refractivity contribution in [1.29, 1.82) is 0 Å². The van der Waals surface area contributed by atoms with Crippen molar-refractivity contribution in [3.05, 3.63) is 24.3 Å². The first-order chi connectivity index (χ1) is 24.9. The Labute approximate surface area is 312 Å². The summed E-state index contributed by atoms with van der Waals surface area (Å²) < 4.78 is 10.4. The van der Waals surface area contributed by atoms with Gasteiger partial charge in [0.1, 0.15) is 24.1 Å². The van der Waals surface area contributed by atoms with Gasteiger partial charge in [-0.2, -0.15) is 0 Å². The number of amides is 6. The predicted octanol–water partition coefficient (Wildman–Crippen LogP) is 0.818. The molecule has 302 valence electrons. The average molecular weight is 757 g/mol. The Bertz CT molecular complexity index is 1150. The van der Waals surface area contributed by atoms with Crippen molar-refractivity contribution in [3.8, 4) is 0 Å². The summed E-state index contributed by atoms with van der Waals surface area (Å²) in [5, 5.41) is 0. The molecular formula is C35H60N6O12. The van der Waals surface area contributed by atoms with Crippen LogP contribution in [0.3, 0.4) is 0 Å². The summed E-state index contributed by atoms with van der Waals surface area (Å²) in [6, 6.07) is 0. The van der Waals surface area contributed by atoms with Crippen molar-refractivity contribution in [2.75, 3.05) is 46.1 Å². The van der Waals surface area contributed by atoms with E-state index in [-0.39, 0.29) is 99.8 Å². The Morgan fingerprint density at radius 3 is 1.30 bits per heavy atom.